The number of hydrogen-bond donors (Lipinski definition) is 0. The molecule has 0 aliphatic heterocycles. The zero-order valence-electron chi connectivity index (χ0n) is 13.1. The van der Waals surface area contributed by atoms with Crippen LogP contribution in [0.3, 0.4) is 0 Å². The lowest BCUT2D eigenvalue weighted by Crippen LogP contribution is -2.31. The molecule has 0 aromatic heterocycles. The molecule has 1 atom stereocenters. The number of carbonyl (C=O) groups excluding carboxylic acids is 1. The van der Waals surface area contributed by atoms with E-state index in [1.165, 1.54) is 0 Å². The number of carbonyl (C=O) groups is 1. The Balaban J connectivity index is 2.58. The molecule has 0 amide bonds. The number of rotatable bonds is 9. The van der Waals surface area contributed by atoms with Gasteiger partial charge in [0.2, 0.25) is 0 Å². The van der Waals surface area contributed by atoms with Crippen molar-refractivity contribution in [1.82, 2.24) is 0 Å². The molecular weight excluding hydrogens is 268 g/mol. The van der Waals surface area contributed by atoms with E-state index in [9.17, 15) is 4.79 Å². The van der Waals surface area contributed by atoms with Crippen LogP contribution >= 0.6 is 0 Å². The zero-order valence-corrected chi connectivity index (χ0v) is 13.1. The minimum absolute atomic E-state index is 0.170. The van der Waals surface area contributed by atoms with Gasteiger partial charge in [0.15, 0.2) is 5.79 Å². The van der Waals surface area contributed by atoms with E-state index in [-0.39, 0.29) is 13.2 Å². The van der Waals surface area contributed by atoms with Gasteiger partial charge in [-0.2, -0.15) is 0 Å². The average molecular weight is 292 g/mol. The minimum Gasteiger partial charge on any atom is -0.460 e. The van der Waals surface area contributed by atoms with Gasteiger partial charge in [-0.1, -0.05) is 43.8 Å². The van der Waals surface area contributed by atoms with E-state index in [0.29, 0.717) is 12.2 Å². The number of benzene rings is 1. The molecule has 4 nitrogen and oxygen atoms in total. The summed E-state index contributed by atoms with van der Waals surface area (Å²) in [5, 5.41) is 0. The largest absolute Gasteiger partial charge is 0.460 e. The Morgan fingerprint density at radius 1 is 1.14 bits per heavy atom. The van der Waals surface area contributed by atoms with Crippen molar-refractivity contribution in [3.63, 3.8) is 0 Å². The summed E-state index contributed by atoms with van der Waals surface area (Å²) < 4.78 is 16.7. The monoisotopic (exact) mass is 292 g/mol. The highest BCUT2D eigenvalue weighted by Gasteiger charge is 2.28. The molecule has 116 valence electrons. The molecule has 0 spiro atoms. The molecule has 1 aromatic rings. The Kier molecular flexibility index (Phi) is 7.12. The number of hydrogen-bond acceptors (Lipinski definition) is 4. The summed E-state index contributed by atoms with van der Waals surface area (Å²) in [5.41, 5.74) is 1.31. The van der Waals surface area contributed by atoms with E-state index in [0.717, 1.165) is 12.0 Å². The van der Waals surface area contributed by atoms with E-state index < -0.39 is 11.8 Å². The van der Waals surface area contributed by atoms with Crippen molar-refractivity contribution in [2.45, 2.75) is 33.0 Å². The normalized spacial score (nSPS) is 13.5. The van der Waals surface area contributed by atoms with Crippen LogP contribution in [-0.4, -0.2) is 25.8 Å². The quantitative estimate of drug-likeness (QED) is 0.303. The van der Waals surface area contributed by atoms with Crippen LogP contribution in [0.25, 0.3) is 0 Å². The molecule has 0 bridgehead atoms. The third-order valence-corrected chi connectivity index (χ3v) is 2.92. The van der Waals surface area contributed by atoms with Gasteiger partial charge in [-0.05, 0) is 20.3 Å². The summed E-state index contributed by atoms with van der Waals surface area (Å²) in [6, 6.07) is 9.73. The van der Waals surface area contributed by atoms with Gasteiger partial charge in [0.1, 0.15) is 6.61 Å². The summed E-state index contributed by atoms with van der Waals surface area (Å²) in [7, 11) is 0. The lowest BCUT2D eigenvalue weighted by Gasteiger charge is -2.30. The van der Waals surface area contributed by atoms with Gasteiger partial charge in [-0.15, -0.1) is 0 Å². The van der Waals surface area contributed by atoms with E-state index in [1.54, 1.807) is 6.92 Å². The Morgan fingerprint density at radius 2 is 1.76 bits per heavy atom. The van der Waals surface area contributed by atoms with Gasteiger partial charge in [0.25, 0.3) is 0 Å². The molecule has 0 aliphatic carbocycles. The summed E-state index contributed by atoms with van der Waals surface area (Å²) in [5.74, 6) is -1.25. The molecule has 4 heteroatoms. The molecule has 0 saturated carbocycles. The van der Waals surface area contributed by atoms with Gasteiger partial charge in [-0.3, -0.25) is 0 Å². The van der Waals surface area contributed by atoms with Gasteiger partial charge in [0.05, 0.1) is 13.2 Å². The van der Waals surface area contributed by atoms with Crippen LogP contribution in [-0.2, 0) is 24.8 Å². The van der Waals surface area contributed by atoms with Crippen LogP contribution in [0.2, 0.25) is 0 Å². The Bertz CT molecular complexity index is 455. The molecule has 0 N–H and O–H groups in total. The van der Waals surface area contributed by atoms with Crippen LogP contribution < -0.4 is 0 Å². The highest BCUT2D eigenvalue weighted by molar-refractivity contribution is 5.86. The predicted octanol–water partition coefficient (Wildman–Crippen LogP) is 3.42. The maximum absolute atomic E-state index is 11.3. The number of esters is 1. The third kappa shape index (κ3) is 5.69. The fourth-order valence-electron chi connectivity index (χ4n) is 1.74. The molecule has 0 radical (unpaired) electrons. The summed E-state index contributed by atoms with van der Waals surface area (Å²) in [6.45, 7) is 10.1. The highest BCUT2D eigenvalue weighted by atomic mass is 16.7. The lowest BCUT2D eigenvalue weighted by atomic mass is 10.1. The number of ether oxygens (including phenoxy) is 3. The second-order valence-electron chi connectivity index (χ2n) is 4.92. The van der Waals surface area contributed by atoms with Crippen molar-refractivity contribution >= 4 is 5.97 Å². The first kappa shape index (κ1) is 17.4. The van der Waals surface area contributed by atoms with E-state index in [1.807, 2.05) is 44.2 Å². The summed E-state index contributed by atoms with van der Waals surface area (Å²) in [6.07, 6.45) is 0.899. The van der Waals surface area contributed by atoms with Crippen molar-refractivity contribution in [1.29, 1.82) is 0 Å². The smallest absolute Gasteiger partial charge is 0.333 e. The van der Waals surface area contributed by atoms with Crippen LogP contribution in [0, 0.1) is 0 Å². The Hall–Kier alpha value is -1.65. The van der Waals surface area contributed by atoms with Crippen molar-refractivity contribution in [3.05, 3.63) is 48.0 Å². The summed E-state index contributed by atoms with van der Waals surface area (Å²) in [4.78, 5) is 11.3. The van der Waals surface area contributed by atoms with Gasteiger partial charge >= 0.3 is 5.97 Å². The van der Waals surface area contributed by atoms with E-state index >= 15 is 0 Å². The molecule has 1 aromatic carbocycles. The molecule has 0 fully saturated rings. The SMILES string of the molecule is C=C(C)C(=O)OCCOC(C)(OCCC)c1ccccc1. The minimum atomic E-state index is -0.840. The Morgan fingerprint density at radius 3 is 2.33 bits per heavy atom. The van der Waals surface area contributed by atoms with Crippen LogP contribution in [0.5, 0.6) is 0 Å². The molecule has 0 saturated heterocycles. The fourth-order valence-corrected chi connectivity index (χ4v) is 1.74. The van der Waals surface area contributed by atoms with Gasteiger partial charge < -0.3 is 14.2 Å². The maximum Gasteiger partial charge on any atom is 0.333 e. The Labute approximate surface area is 126 Å². The molecular formula is C17H24O4. The second kappa shape index (κ2) is 8.60. The lowest BCUT2D eigenvalue weighted by molar-refractivity contribution is -0.239. The highest BCUT2D eigenvalue weighted by Crippen LogP contribution is 2.26. The van der Waals surface area contributed by atoms with Crippen molar-refractivity contribution in [2.24, 2.45) is 0 Å². The van der Waals surface area contributed by atoms with Crippen molar-refractivity contribution in [3.8, 4) is 0 Å². The molecule has 0 heterocycles. The first-order chi connectivity index (χ1) is 9.99. The first-order valence-electron chi connectivity index (χ1n) is 7.15. The van der Waals surface area contributed by atoms with Crippen molar-refractivity contribution < 1.29 is 19.0 Å². The van der Waals surface area contributed by atoms with Crippen LogP contribution in [0.1, 0.15) is 32.8 Å². The standard InChI is InChI=1S/C17H24O4/c1-5-11-20-17(4,15-9-7-6-8-10-15)21-13-12-19-16(18)14(2)3/h6-10H,2,5,11-13H2,1,3-4H3. The first-order valence-corrected chi connectivity index (χ1v) is 7.15. The van der Waals surface area contributed by atoms with E-state index in [2.05, 4.69) is 6.58 Å². The fraction of sp³-hybridized carbons (Fsp3) is 0.471. The molecule has 0 aliphatic rings. The van der Waals surface area contributed by atoms with Crippen molar-refractivity contribution in [2.75, 3.05) is 19.8 Å². The molecule has 1 unspecified atom stereocenters. The second-order valence-corrected chi connectivity index (χ2v) is 4.92. The maximum atomic E-state index is 11.3. The van der Waals surface area contributed by atoms with Gasteiger partial charge in [-0.25, -0.2) is 4.79 Å². The predicted molar refractivity (Wildman–Crippen MR) is 81.8 cm³/mol. The molecule has 21 heavy (non-hydrogen) atoms. The van der Waals surface area contributed by atoms with Crippen LogP contribution in [0.4, 0.5) is 0 Å². The van der Waals surface area contributed by atoms with Gasteiger partial charge in [0, 0.05) is 11.1 Å². The zero-order chi connectivity index (χ0) is 15.7. The molecule has 1 rings (SSSR count). The third-order valence-electron chi connectivity index (χ3n) is 2.92. The van der Waals surface area contributed by atoms with E-state index in [4.69, 9.17) is 14.2 Å². The summed E-state index contributed by atoms with van der Waals surface area (Å²) >= 11 is 0. The topological polar surface area (TPSA) is 44.8 Å². The average Bonchev–Trinajstić information content (AvgIpc) is 2.50. The van der Waals surface area contributed by atoms with Crippen LogP contribution in [0.15, 0.2) is 42.5 Å².